The molecule has 0 aliphatic carbocycles. The Hall–Kier alpha value is -2.21. The van der Waals surface area contributed by atoms with Gasteiger partial charge in [-0.05, 0) is 37.1 Å². The van der Waals surface area contributed by atoms with Gasteiger partial charge in [-0.15, -0.1) is 0 Å². The summed E-state index contributed by atoms with van der Waals surface area (Å²) in [6, 6.07) is 7.10. The van der Waals surface area contributed by atoms with E-state index < -0.39 is 0 Å². The second-order valence-corrected chi connectivity index (χ2v) is 5.96. The van der Waals surface area contributed by atoms with Crippen LogP contribution in [-0.4, -0.2) is 41.3 Å². The molecule has 0 unspecified atom stereocenters. The fourth-order valence-corrected chi connectivity index (χ4v) is 3.09. The first-order valence-electron chi connectivity index (χ1n) is 7.56. The molecule has 6 nitrogen and oxygen atoms in total. The maximum absolute atomic E-state index is 12.3. The van der Waals surface area contributed by atoms with Gasteiger partial charge in [-0.1, -0.05) is 11.6 Å². The van der Waals surface area contributed by atoms with Crippen molar-refractivity contribution in [2.75, 3.05) is 25.5 Å². The van der Waals surface area contributed by atoms with Crippen LogP contribution < -0.4 is 10.1 Å². The number of rotatable bonds is 3. The number of carbonyl (C=O) groups excluding carboxylic acids is 1. The lowest BCUT2D eigenvalue weighted by Crippen LogP contribution is -2.40. The SMILES string of the molecule is COc1ccc(NC(=O)N2CCC(c3ccn[nH]3)CC2)cc1Cl. The van der Waals surface area contributed by atoms with Crippen LogP contribution in [-0.2, 0) is 0 Å². The highest BCUT2D eigenvalue weighted by atomic mass is 35.5. The number of aromatic nitrogens is 2. The summed E-state index contributed by atoms with van der Waals surface area (Å²) in [4.78, 5) is 14.2. The maximum Gasteiger partial charge on any atom is 0.321 e. The Bertz CT molecular complexity index is 667. The number of benzene rings is 1. The van der Waals surface area contributed by atoms with Gasteiger partial charge in [-0.2, -0.15) is 5.10 Å². The van der Waals surface area contributed by atoms with E-state index in [0.717, 1.165) is 31.6 Å². The molecule has 1 saturated heterocycles. The number of methoxy groups -OCH3 is 1. The number of anilines is 1. The molecule has 7 heteroatoms. The smallest absolute Gasteiger partial charge is 0.321 e. The number of hydrogen-bond donors (Lipinski definition) is 2. The predicted octanol–water partition coefficient (Wildman–Crippen LogP) is 3.48. The molecule has 23 heavy (non-hydrogen) atoms. The summed E-state index contributed by atoms with van der Waals surface area (Å²) in [5, 5.41) is 10.4. The van der Waals surface area contributed by atoms with E-state index in [2.05, 4.69) is 15.5 Å². The van der Waals surface area contributed by atoms with E-state index in [1.807, 2.05) is 11.0 Å². The number of amides is 2. The van der Waals surface area contributed by atoms with Crippen molar-refractivity contribution in [3.8, 4) is 5.75 Å². The summed E-state index contributed by atoms with van der Waals surface area (Å²) >= 11 is 6.08. The van der Waals surface area contributed by atoms with E-state index in [9.17, 15) is 4.79 Å². The summed E-state index contributed by atoms with van der Waals surface area (Å²) in [5.74, 6) is 1.03. The van der Waals surface area contributed by atoms with Crippen molar-refractivity contribution in [2.45, 2.75) is 18.8 Å². The number of halogens is 1. The van der Waals surface area contributed by atoms with Gasteiger partial charge in [-0.25, -0.2) is 4.79 Å². The van der Waals surface area contributed by atoms with Crippen LogP contribution in [0, 0.1) is 0 Å². The summed E-state index contributed by atoms with van der Waals surface area (Å²) in [6.07, 6.45) is 3.62. The average molecular weight is 335 g/mol. The van der Waals surface area contributed by atoms with Crippen LogP contribution in [0.4, 0.5) is 10.5 Å². The highest BCUT2D eigenvalue weighted by Gasteiger charge is 2.24. The van der Waals surface area contributed by atoms with Crippen LogP contribution in [0.3, 0.4) is 0 Å². The number of likely N-dealkylation sites (tertiary alicyclic amines) is 1. The molecule has 2 amide bonds. The van der Waals surface area contributed by atoms with Crippen molar-refractivity contribution >= 4 is 23.3 Å². The molecule has 0 saturated carbocycles. The van der Waals surface area contributed by atoms with Gasteiger partial charge in [0.25, 0.3) is 0 Å². The molecule has 122 valence electrons. The van der Waals surface area contributed by atoms with Gasteiger partial charge in [0.05, 0.1) is 12.1 Å². The van der Waals surface area contributed by atoms with Crippen molar-refractivity contribution < 1.29 is 9.53 Å². The van der Waals surface area contributed by atoms with Crippen molar-refractivity contribution in [3.63, 3.8) is 0 Å². The Morgan fingerprint density at radius 1 is 1.39 bits per heavy atom. The van der Waals surface area contributed by atoms with Crippen molar-refractivity contribution in [3.05, 3.63) is 41.2 Å². The Kier molecular flexibility index (Phi) is 4.71. The molecule has 2 aromatic rings. The number of hydrogen-bond acceptors (Lipinski definition) is 3. The first kappa shape index (κ1) is 15.7. The first-order valence-corrected chi connectivity index (χ1v) is 7.94. The molecule has 0 atom stereocenters. The zero-order valence-corrected chi connectivity index (χ0v) is 13.6. The fourth-order valence-electron chi connectivity index (χ4n) is 2.83. The molecule has 1 fully saturated rings. The van der Waals surface area contributed by atoms with Gasteiger partial charge in [0.2, 0.25) is 0 Å². The van der Waals surface area contributed by atoms with Gasteiger partial charge < -0.3 is 15.0 Å². The molecule has 0 spiro atoms. The minimum Gasteiger partial charge on any atom is -0.495 e. The lowest BCUT2D eigenvalue weighted by molar-refractivity contribution is 0.194. The molecule has 1 aromatic carbocycles. The quantitative estimate of drug-likeness (QED) is 0.902. The minimum absolute atomic E-state index is 0.103. The zero-order valence-electron chi connectivity index (χ0n) is 12.9. The molecular weight excluding hydrogens is 316 g/mol. The Morgan fingerprint density at radius 2 is 2.17 bits per heavy atom. The molecule has 2 heterocycles. The minimum atomic E-state index is -0.103. The van der Waals surface area contributed by atoms with Crippen molar-refractivity contribution in [1.82, 2.24) is 15.1 Å². The van der Waals surface area contributed by atoms with E-state index in [4.69, 9.17) is 16.3 Å². The van der Waals surface area contributed by atoms with Gasteiger partial charge >= 0.3 is 6.03 Å². The molecule has 0 bridgehead atoms. The largest absolute Gasteiger partial charge is 0.495 e. The topological polar surface area (TPSA) is 70.2 Å². The molecular formula is C16H19ClN4O2. The highest BCUT2D eigenvalue weighted by Crippen LogP contribution is 2.29. The number of H-pyrrole nitrogens is 1. The second kappa shape index (κ2) is 6.91. The number of carbonyl (C=O) groups is 1. The maximum atomic E-state index is 12.3. The van der Waals surface area contributed by atoms with Gasteiger partial charge in [0.1, 0.15) is 5.75 Å². The van der Waals surface area contributed by atoms with E-state index in [1.165, 1.54) is 0 Å². The third-order valence-corrected chi connectivity index (χ3v) is 4.44. The third-order valence-electron chi connectivity index (χ3n) is 4.15. The van der Waals surface area contributed by atoms with E-state index >= 15 is 0 Å². The summed E-state index contributed by atoms with van der Waals surface area (Å²) in [5.41, 5.74) is 1.81. The van der Waals surface area contributed by atoms with Crippen LogP contribution >= 0.6 is 11.6 Å². The monoisotopic (exact) mass is 334 g/mol. The second-order valence-electron chi connectivity index (χ2n) is 5.55. The molecule has 2 N–H and O–H groups in total. The number of aromatic amines is 1. The lowest BCUT2D eigenvalue weighted by Gasteiger charge is -2.31. The Morgan fingerprint density at radius 3 is 2.78 bits per heavy atom. The molecule has 1 aliphatic heterocycles. The molecule has 1 aromatic heterocycles. The Balaban J connectivity index is 1.56. The summed E-state index contributed by atoms with van der Waals surface area (Å²) in [6.45, 7) is 1.44. The van der Waals surface area contributed by atoms with Crippen molar-refractivity contribution in [1.29, 1.82) is 0 Å². The molecule has 3 rings (SSSR count). The number of nitrogens with zero attached hydrogens (tertiary/aromatic N) is 2. The van der Waals surface area contributed by atoms with Crippen LogP contribution in [0.1, 0.15) is 24.5 Å². The zero-order chi connectivity index (χ0) is 16.2. The van der Waals surface area contributed by atoms with Crippen LogP contribution in [0.15, 0.2) is 30.5 Å². The van der Waals surface area contributed by atoms with Gasteiger partial charge in [0, 0.05) is 36.6 Å². The fraction of sp³-hybridized carbons (Fsp3) is 0.375. The van der Waals surface area contributed by atoms with Gasteiger partial charge in [0.15, 0.2) is 0 Å². The number of nitrogens with one attached hydrogen (secondary N) is 2. The van der Waals surface area contributed by atoms with Gasteiger partial charge in [-0.3, -0.25) is 5.10 Å². The van der Waals surface area contributed by atoms with E-state index in [0.29, 0.717) is 22.4 Å². The van der Waals surface area contributed by atoms with Crippen LogP contribution in [0.5, 0.6) is 5.75 Å². The normalized spacial score (nSPS) is 15.5. The molecule has 1 aliphatic rings. The third kappa shape index (κ3) is 3.59. The van der Waals surface area contributed by atoms with Crippen molar-refractivity contribution in [2.24, 2.45) is 0 Å². The summed E-state index contributed by atoms with van der Waals surface area (Å²) < 4.78 is 5.11. The standard InChI is InChI=1S/C16H19ClN4O2/c1-23-15-3-2-12(10-13(15)17)19-16(22)21-8-5-11(6-9-21)14-4-7-18-20-14/h2-4,7,10-11H,5-6,8-9H2,1H3,(H,18,20)(H,19,22). The number of ether oxygens (including phenoxy) is 1. The highest BCUT2D eigenvalue weighted by molar-refractivity contribution is 6.32. The number of urea groups is 1. The number of piperidine rings is 1. The first-order chi connectivity index (χ1) is 11.2. The van der Waals surface area contributed by atoms with E-state index in [-0.39, 0.29) is 6.03 Å². The predicted molar refractivity (Wildman–Crippen MR) is 89.2 cm³/mol. The van der Waals surface area contributed by atoms with Crippen LogP contribution in [0.25, 0.3) is 0 Å². The lowest BCUT2D eigenvalue weighted by atomic mass is 9.94. The Labute approximate surface area is 139 Å². The summed E-state index contributed by atoms with van der Waals surface area (Å²) in [7, 11) is 1.56. The molecule has 0 radical (unpaired) electrons. The van der Waals surface area contributed by atoms with E-state index in [1.54, 1.807) is 31.5 Å². The average Bonchev–Trinajstić information content (AvgIpc) is 3.09. The van der Waals surface area contributed by atoms with Crippen LogP contribution in [0.2, 0.25) is 5.02 Å².